The molecule has 0 bridgehead atoms. The number of hydrogen-bond acceptors (Lipinski definition) is 4. The van der Waals surface area contributed by atoms with Gasteiger partial charge in [0, 0.05) is 26.1 Å². The number of carboxylic acid groups (broad SMARTS) is 1. The third-order valence-electron chi connectivity index (χ3n) is 3.24. The van der Waals surface area contributed by atoms with E-state index in [0.29, 0.717) is 19.7 Å². The van der Waals surface area contributed by atoms with Gasteiger partial charge in [-0.3, -0.25) is 0 Å². The van der Waals surface area contributed by atoms with Crippen LogP contribution in [-0.4, -0.2) is 66.1 Å². The normalized spacial score (nSPS) is 22.7. The molecule has 1 aliphatic heterocycles. The Labute approximate surface area is 112 Å². The van der Waals surface area contributed by atoms with Crippen molar-refractivity contribution in [3.05, 3.63) is 0 Å². The zero-order chi connectivity index (χ0) is 14.4. The number of aliphatic carboxylic acids is 1. The van der Waals surface area contributed by atoms with Crippen LogP contribution in [0.4, 0.5) is 4.79 Å². The van der Waals surface area contributed by atoms with Gasteiger partial charge in [-0.2, -0.15) is 0 Å². The number of nitrogens with one attached hydrogen (secondary N) is 1. The number of ether oxygens (including phenoxy) is 1. The summed E-state index contributed by atoms with van der Waals surface area (Å²) in [6.07, 6.45) is 0.727. The number of nitrogens with zero attached hydrogens (tertiary/aromatic N) is 1. The van der Waals surface area contributed by atoms with Gasteiger partial charge in [-0.1, -0.05) is 0 Å². The van der Waals surface area contributed by atoms with Crippen molar-refractivity contribution in [3.63, 3.8) is 0 Å². The number of likely N-dealkylation sites (tertiary alicyclic amines) is 1. The van der Waals surface area contributed by atoms with Crippen LogP contribution in [-0.2, 0) is 9.53 Å². The van der Waals surface area contributed by atoms with Crippen LogP contribution in [0.2, 0.25) is 0 Å². The van der Waals surface area contributed by atoms with Gasteiger partial charge in [-0.25, -0.2) is 9.59 Å². The van der Waals surface area contributed by atoms with Crippen LogP contribution in [0.3, 0.4) is 0 Å². The predicted octanol–water partition coefficient (Wildman–Crippen LogP) is -0.112. The molecule has 2 amide bonds. The summed E-state index contributed by atoms with van der Waals surface area (Å²) in [4.78, 5) is 24.5. The van der Waals surface area contributed by atoms with Gasteiger partial charge in [0.2, 0.25) is 0 Å². The van der Waals surface area contributed by atoms with Crippen LogP contribution >= 0.6 is 0 Å². The molecule has 1 rings (SSSR count). The maximum Gasteiger partial charge on any atom is 0.328 e. The number of hydrogen-bond donors (Lipinski definition) is 3. The molecule has 0 aromatic rings. The number of carboxylic acids is 1. The fourth-order valence-electron chi connectivity index (χ4n) is 2.23. The zero-order valence-electron chi connectivity index (χ0n) is 11.3. The first kappa shape index (κ1) is 15.7. The van der Waals surface area contributed by atoms with Crippen molar-refractivity contribution in [2.45, 2.75) is 31.9 Å². The Balaban J connectivity index is 2.54. The minimum atomic E-state index is -1.28. The maximum atomic E-state index is 12.0. The van der Waals surface area contributed by atoms with E-state index >= 15 is 0 Å². The molecule has 0 aromatic heterocycles. The van der Waals surface area contributed by atoms with E-state index in [0.717, 1.165) is 12.8 Å². The standard InChI is InChI=1S/C12H22N2O5/c1-8(15)10(11(16)17)13-12(18)14-5-3-4-9(6-14)7-19-2/h8-10,15H,3-7H2,1-2H3,(H,13,18)(H,16,17). The molecule has 3 N–H and O–H groups in total. The molecule has 0 spiro atoms. The van der Waals surface area contributed by atoms with Crippen LogP contribution in [0.25, 0.3) is 0 Å². The van der Waals surface area contributed by atoms with E-state index in [1.807, 2.05) is 0 Å². The lowest BCUT2D eigenvalue weighted by Crippen LogP contribution is -2.54. The number of aliphatic hydroxyl groups is 1. The number of urea groups is 1. The fourth-order valence-corrected chi connectivity index (χ4v) is 2.23. The molecule has 3 atom stereocenters. The summed E-state index contributed by atoms with van der Waals surface area (Å²) in [6, 6.07) is -1.73. The van der Waals surface area contributed by atoms with E-state index in [9.17, 15) is 14.7 Å². The zero-order valence-corrected chi connectivity index (χ0v) is 11.3. The lowest BCUT2D eigenvalue weighted by molar-refractivity contribution is -0.141. The monoisotopic (exact) mass is 274 g/mol. The molecule has 1 fully saturated rings. The van der Waals surface area contributed by atoms with Gasteiger partial charge in [0.1, 0.15) is 0 Å². The summed E-state index contributed by atoms with van der Waals surface area (Å²) in [5, 5.41) is 20.6. The van der Waals surface area contributed by atoms with Crippen LogP contribution in [0.5, 0.6) is 0 Å². The Kier molecular flexibility index (Phi) is 6.04. The smallest absolute Gasteiger partial charge is 0.328 e. The highest BCUT2D eigenvalue weighted by atomic mass is 16.5. The molecule has 110 valence electrons. The largest absolute Gasteiger partial charge is 0.480 e. The van der Waals surface area contributed by atoms with Gasteiger partial charge < -0.3 is 25.2 Å². The quantitative estimate of drug-likeness (QED) is 0.649. The number of carbonyl (C=O) groups excluding carboxylic acids is 1. The van der Waals surface area contributed by atoms with Gasteiger partial charge in [0.25, 0.3) is 0 Å². The van der Waals surface area contributed by atoms with Gasteiger partial charge in [0.15, 0.2) is 6.04 Å². The summed E-state index contributed by atoms with van der Waals surface area (Å²) in [5.74, 6) is -0.965. The summed E-state index contributed by atoms with van der Waals surface area (Å²) >= 11 is 0. The molecule has 0 radical (unpaired) electrons. The molecular weight excluding hydrogens is 252 g/mol. The van der Waals surface area contributed by atoms with Crippen molar-refractivity contribution < 1.29 is 24.5 Å². The Morgan fingerprint density at radius 2 is 2.21 bits per heavy atom. The summed E-state index contributed by atoms with van der Waals surface area (Å²) < 4.78 is 5.07. The SMILES string of the molecule is COCC1CCCN(C(=O)NC(C(=O)O)C(C)O)C1. The average Bonchev–Trinajstić information content (AvgIpc) is 2.35. The Bertz CT molecular complexity index is 319. The van der Waals surface area contributed by atoms with Gasteiger partial charge in [-0.05, 0) is 19.8 Å². The highest BCUT2D eigenvalue weighted by Gasteiger charge is 2.29. The first-order valence-electron chi connectivity index (χ1n) is 6.41. The maximum absolute atomic E-state index is 12.0. The summed E-state index contributed by atoms with van der Waals surface area (Å²) in [5.41, 5.74) is 0. The Morgan fingerprint density at radius 1 is 1.53 bits per heavy atom. The van der Waals surface area contributed by atoms with E-state index in [2.05, 4.69) is 5.32 Å². The van der Waals surface area contributed by atoms with Crippen molar-refractivity contribution in [3.8, 4) is 0 Å². The van der Waals surface area contributed by atoms with E-state index in [-0.39, 0.29) is 5.92 Å². The van der Waals surface area contributed by atoms with E-state index in [1.54, 1.807) is 12.0 Å². The highest BCUT2D eigenvalue weighted by molar-refractivity contribution is 5.83. The average molecular weight is 274 g/mol. The van der Waals surface area contributed by atoms with Gasteiger partial charge >= 0.3 is 12.0 Å². The lowest BCUT2D eigenvalue weighted by atomic mass is 9.99. The highest BCUT2D eigenvalue weighted by Crippen LogP contribution is 2.16. The second-order valence-corrected chi connectivity index (χ2v) is 4.92. The van der Waals surface area contributed by atoms with Crippen molar-refractivity contribution in [1.29, 1.82) is 0 Å². The fraction of sp³-hybridized carbons (Fsp3) is 0.833. The third kappa shape index (κ3) is 4.68. The first-order valence-corrected chi connectivity index (χ1v) is 6.41. The lowest BCUT2D eigenvalue weighted by Gasteiger charge is -2.33. The van der Waals surface area contributed by atoms with Crippen LogP contribution < -0.4 is 5.32 Å². The predicted molar refractivity (Wildman–Crippen MR) is 67.8 cm³/mol. The molecule has 19 heavy (non-hydrogen) atoms. The number of aliphatic hydroxyl groups excluding tert-OH is 1. The molecule has 1 heterocycles. The number of amides is 2. The van der Waals surface area contributed by atoms with Crippen LogP contribution in [0.15, 0.2) is 0 Å². The molecular formula is C12H22N2O5. The Morgan fingerprint density at radius 3 is 2.74 bits per heavy atom. The molecule has 1 saturated heterocycles. The molecule has 7 nitrogen and oxygen atoms in total. The van der Waals surface area contributed by atoms with Crippen LogP contribution in [0, 0.1) is 5.92 Å². The van der Waals surface area contributed by atoms with Crippen molar-refractivity contribution in [1.82, 2.24) is 10.2 Å². The van der Waals surface area contributed by atoms with Crippen molar-refractivity contribution in [2.75, 3.05) is 26.8 Å². The molecule has 0 aromatic carbocycles. The Hall–Kier alpha value is -1.34. The molecule has 7 heteroatoms. The topological polar surface area (TPSA) is 99.1 Å². The molecule has 1 aliphatic rings. The van der Waals surface area contributed by atoms with Gasteiger partial charge in [-0.15, -0.1) is 0 Å². The minimum Gasteiger partial charge on any atom is -0.480 e. The van der Waals surface area contributed by atoms with E-state index in [1.165, 1.54) is 6.92 Å². The molecule has 3 unspecified atom stereocenters. The molecule has 0 saturated carbocycles. The van der Waals surface area contributed by atoms with E-state index < -0.39 is 24.1 Å². The molecule has 0 aliphatic carbocycles. The minimum absolute atomic E-state index is 0.277. The number of carbonyl (C=O) groups is 2. The second-order valence-electron chi connectivity index (χ2n) is 4.92. The van der Waals surface area contributed by atoms with Gasteiger partial charge in [0.05, 0.1) is 12.7 Å². The van der Waals surface area contributed by atoms with Crippen LogP contribution in [0.1, 0.15) is 19.8 Å². The summed E-state index contributed by atoms with van der Waals surface area (Å²) in [6.45, 7) is 3.07. The first-order chi connectivity index (χ1) is 8.95. The number of rotatable bonds is 5. The van der Waals surface area contributed by atoms with E-state index in [4.69, 9.17) is 9.84 Å². The van der Waals surface area contributed by atoms with Crippen molar-refractivity contribution >= 4 is 12.0 Å². The number of piperidine rings is 1. The van der Waals surface area contributed by atoms with Crippen molar-refractivity contribution in [2.24, 2.45) is 5.92 Å². The number of methoxy groups -OCH3 is 1. The second kappa shape index (κ2) is 7.30. The summed E-state index contributed by atoms with van der Waals surface area (Å²) in [7, 11) is 1.62. The third-order valence-corrected chi connectivity index (χ3v) is 3.24.